The Morgan fingerprint density at radius 3 is 1.50 bits per heavy atom. The molecule has 0 aromatic heterocycles. The minimum absolute atomic E-state index is 0.00926. The van der Waals surface area contributed by atoms with Crippen molar-refractivity contribution in [3.05, 3.63) is 0 Å². The molecule has 0 rings (SSSR count). The van der Waals surface area contributed by atoms with Crippen molar-refractivity contribution in [2.75, 3.05) is 0 Å². The topological polar surface area (TPSA) is 40.5 Å². The first-order valence-corrected chi connectivity index (χ1v) is 3.99. The van der Waals surface area contributed by atoms with Crippen LogP contribution in [0.3, 0.4) is 0 Å². The molecule has 0 spiro atoms. The van der Waals surface area contributed by atoms with Gasteiger partial charge in [-0.25, -0.2) is 0 Å². The van der Waals surface area contributed by atoms with Gasteiger partial charge in [0.05, 0.1) is 12.2 Å². The molecule has 0 bridgehead atoms. The lowest BCUT2D eigenvalue weighted by Gasteiger charge is -2.21. The number of aliphatic hydroxyl groups excluding tert-OH is 2. The van der Waals surface area contributed by atoms with Crippen LogP contribution in [0, 0.1) is 5.92 Å². The second kappa shape index (κ2) is 4.69. The van der Waals surface area contributed by atoms with E-state index in [1.54, 1.807) is 0 Å². The average Bonchev–Trinajstić information content (AvgIpc) is 2.00. The summed E-state index contributed by atoms with van der Waals surface area (Å²) in [6.07, 6.45) is 0.737. The van der Waals surface area contributed by atoms with E-state index in [0.29, 0.717) is 0 Å². The average molecular weight is 146 g/mol. The smallest absolute Gasteiger partial charge is 0.0587 e. The summed E-state index contributed by atoms with van der Waals surface area (Å²) in [5.74, 6) is 0.00926. The van der Waals surface area contributed by atoms with Crippen LogP contribution in [0.5, 0.6) is 0 Å². The third-order valence-electron chi connectivity index (χ3n) is 2.05. The van der Waals surface area contributed by atoms with Gasteiger partial charge in [0.25, 0.3) is 0 Å². The van der Waals surface area contributed by atoms with Crippen molar-refractivity contribution in [1.29, 1.82) is 0 Å². The number of hydrogen-bond donors (Lipinski definition) is 2. The van der Waals surface area contributed by atoms with E-state index in [1.807, 2.05) is 20.8 Å². The third-order valence-corrected chi connectivity index (χ3v) is 2.05. The van der Waals surface area contributed by atoms with Gasteiger partial charge < -0.3 is 10.2 Å². The van der Waals surface area contributed by atoms with Crippen molar-refractivity contribution in [3.8, 4) is 0 Å². The fourth-order valence-corrected chi connectivity index (χ4v) is 1.00. The quantitative estimate of drug-likeness (QED) is 0.625. The van der Waals surface area contributed by atoms with Crippen LogP contribution in [-0.4, -0.2) is 22.4 Å². The van der Waals surface area contributed by atoms with Crippen molar-refractivity contribution in [2.45, 2.75) is 45.8 Å². The number of hydrogen-bond acceptors (Lipinski definition) is 2. The van der Waals surface area contributed by atoms with E-state index in [-0.39, 0.29) is 18.1 Å². The van der Waals surface area contributed by atoms with Gasteiger partial charge in [0, 0.05) is 5.92 Å². The monoisotopic (exact) mass is 146 g/mol. The molecule has 0 aliphatic carbocycles. The van der Waals surface area contributed by atoms with Gasteiger partial charge in [-0.3, -0.25) is 0 Å². The Bertz CT molecular complexity index is 73.3. The van der Waals surface area contributed by atoms with Gasteiger partial charge >= 0.3 is 0 Å². The molecule has 0 fully saturated rings. The highest BCUT2D eigenvalue weighted by Gasteiger charge is 2.18. The van der Waals surface area contributed by atoms with Crippen molar-refractivity contribution in [3.63, 3.8) is 0 Å². The zero-order valence-electron chi connectivity index (χ0n) is 7.04. The Balaban J connectivity index is 3.69. The highest BCUT2D eigenvalue weighted by Crippen LogP contribution is 2.13. The second-order valence-corrected chi connectivity index (χ2v) is 2.81. The molecule has 0 aromatic rings. The maximum atomic E-state index is 9.27. The first-order valence-electron chi connectivity index (χ1n) is 3.99. The molecule has 62 valence electrons. The Morgan fingerprint density at radius 2 is 1.30 bits per heavy atom. The van der Waals surface area contributed by atoms with E-state index in [1.165, 1.54) is 0 Å². The van der Waals surface area contributed by atoms with Crippen LogP contribution in [-0.2, 0) is 0 Å². The summed E-state index contributed by atoms with van der Waals surface area (Å²) in [6.45, 7) is 5.72. The molecule has 0 saturated heterocycles. The van der Waals surface area contributed by atoms with Crippen LogP contribution >= 0.6 is 0 Å². The lowest BCUT2D eigenvalue weighted by atomic mass is 9.95. The molecule has 0 aliphatic heterocycles. The van der Waals surface area contributed by atoms with E-state index >= 15 is 0 Å². The van der Waals surface area contributed by atoms with Crippen LogP contribution in [0.1, 0.15) is 33.6 Å². The van der Waals surface area contributed by atoms with Crippen LogP contribution in [0.25, 0.3) is 0 Å². The van der Waals surface area contributed by atoms with E-state index in [9.17, 15) is 10.2 Å². The van der Waals surface area contributed by atoms with E-state index in [4.69, 9.17) is 0 Å². The van der Waals surface area contributed by atoms with Gasteiger partial charge in [-0.15, -0.1) is 0 Å². The summed E-state index contributed by atoms with van der Waals surface area (Å²) < 4.78 is 0. The van der Waals surface area contributed by atoms with E-state index in [2.05, 4.69) is 0 Å². The minimum Gasteiger partial charge on any atom is -0.393 e. The van der Waals surface area contributed by atoms with E-state index < -0.39 is 0 Å². The fourth-order valence-electron chi connectivity index (χ4n) is 1.00. The van der Waals surface area contributed by atoms with Gasteiger partial charge in [-0.1, -0.05) is 20.8 Å². The molecular weight excluding hydrogens is 128 g/mol. The Kier molecular flexibility index (Phi) is 4.65. The SMILES string of the molecule is CC[C@@H](O)C(C)[C@@H](O)CC. The number of aliphatic hydroxyl groups is 2. The first kappa shape index (κ1) is 9.92. The summed E-state index contributed by atoms with van der Waals surface area (Å²) in [5, 5.41) is 18.5. The summed E-state index contributed by atoms with van der Waals surface area (Å²) in [7, 11) is 0. The van der Waals surface area contributed by atoms with Gasteiger partial charge in [-0.2, -0.15) is 0 Å². The highest BCUT2D eigenvalue weighted by molar-refractivity contribution is 4.69. The Hall–Kier alpha value is -0.0800. The molecule has 2 heteroatoms. The molecule has 0 aromatic carbocycles. The largest absolute Gasteiger partial charge is 0.393 e. The predicted molar refractivity (Wildman–Crippen MR) is 41.8 cm³/mol. The zero-order valence-corrected chi connectivity index (χ0v) is 7.04. The van der Waals surface area contributed by atoms with Gasteiger partial charge in [0.15, 0.2) is 0 Å². The molecule has 0 radical (unpaired) electrons. The highest BCUT2D eigenvalue weighted by atomic mass is 16.3. The van der Waals surface area contributed by atoms with Crippen LogP contribution in [0.4, 0.5) is 0 Å². The Labute approximate surface area is 62.9 Å². The second-order valence-electron chi connectivity index (χ2n) is 2.81. The molecule has 0 amide bonds. The zero-order chi connectivity index (χ0) is 8.15. The molecule has 0 saturated carbocycles. The molecule has 0 aliphatic rings. The first-order chi connectivity index (χ1) is 4.63. The van der Waals surface area contributed by atoms with Crippen molar-refractivity contribution < 1.29 is 10.2 Å². The van der Waals surface area contributed by atoms with Crippen LogP contribution < -0.4 is 0 Å². The fraction of sp³-hybridized carbons (Fsp3) is 1.00. The van der Waals surface area contributed by atoms with Crippen LogP contribution in [0.15, 0.2) is 0 Å². The number of rotatable bonds is 4. The molecule has 3 atom stereocenters. The van der Waals surface area contributed by atoms with Gasteiger partial charge in [0.1, 0.15) is 0 Å². The lowest BCUT2D eigenvalue weighted by molar-refractivity contribution is 0.0186. The van der Waals surface area contributed by atoms with Crippen molar-refractivity contribution in [2.24, 2.45) is 5.92 Å². The Morgan fingerprint density at radius 1 is 1.00 bits per heavy atom. The molecule has 1 unspecified atom stereocenters. The standard InChI is InChI=1S/C8H18O2/c1-4-7(9)6(3)8(10)5-2/h6-10H,4-5H2,1-3H3/t6?,7-,8+. The van der Waals surface area contributed by atoms with Gasteiger partial charge in [0.2, 0.25) is 0 Å². The molecular formula is C8H18O2. The lowest BCUT2D eigenvalue weighted by Crippen LogP contribution is -2.28. The van der Waals surface area contributed by atoms with E-state index in [0.717, 1.165) is 12.8 Å². The summed E-state index contributed by atoms with van der Waals surface area (Å²) in [6, 6.07) is 0. The molecule has 10 heavy (non-hydrogen) atoms. The normalized spacial score (nSPS) is 20.1. The minimum atomic E-state index is -0.352. The predicted octanol–water partition coefficient (Wildman–Crippen LogP) is 1.16. The molecule has 2 N–H and O–H groups in total. The summed E-state index contributed by atoms with van der Waals surface area (Å²) >= 11 is 0. The summed E-state index contributed by atoms with van der Waals surface area (Å²) in [4.78, 5) is 0. The third kappa shape index (κ3) is 2.67. The van der Waals surface area contributed by atoms with Crippen molar-refractivity contribution in [1.82, 2.24) is 0 Å². The maximum absolute atomic E-state index is 9.27. The maximum Gasteiger partial charge on any atom is 0.0587 e. The molecule has 2 nitrogen and oxygen atoms in total. The summed E-state index contributed by atoms with van der Waals surface area (Å²) in [5.41, 5.74) is 0. The van der Waals surface area contributed by atoms with Crippen molar-refractivity contribution >= 4 is 0 Å². The molecule has 0 heterocycles. The van der Waals surface area contributed by atoms with Crippen LogP contribution in [0.2, 0.25) is 0 Å². The van der Waals surface area contributed by atoms with Gasteiger partial charge in [-0.05, 0) is 12.8 Å².